The molecule has 0 aliphatic rings. The third kappa shape index (κ3) is 2.87. The van der Waals surface area contributed by atoms with Gasteiger partial charge in [-0.1, -0.05) is 23.7 Å². The number of nitrogens with zero attached hydrogens (tertiary/aromatic N) is 2. The Labute approximate surface area is 106 Å². The van der Waals surface area contributed by atoms with Crippen molar-refractivity contribution in [1.82, 2.24) is 9.78 Å². The van der Waals surface area contributed by atoms with Crippen LogP contribution in [0.4, 0.5) is 0 Å². The molecular formula is C13H16ClN3. The summed E-state index contributed by atoms with van der Waals surface area (Å²) in [5.74, 6) is 0. The van der Waals surface area contributed by atoms with E-state index < -0.39 is 0 Å². The molecule has 0 bridgehead atoms. The molecule has 17 heavy (non-hydrogen) atoms. The van der Waals surface area contributed by atoms with E-state index in [9.17, 15) is 0 Å². The van der Waals surface area contributed by atoms with E-state index in [0.717, 1.165) is 28.4 Å². The Morgan fingerprint density at radius 3 is 2.53 bits per heavy atom. The molecule has 0 fully saturated rings. The lowest BCUT2D eigenvalue weighted by Crippen LogP contribution is -2.15. The number of benzene rings is 1. The smallest absolute Gasteiger partial charge is 0.0596 e. The van der Waals surface area contributed by atoms with E-state index >= 15 is 0 Å². The predicted octanol–water partition coefficient (Wildman–Crippen LogP) is 2.62. The Morgan fingerprint density at radius 2 is 2.00 bits per heavy atom. The summed E-state index contributed by atoms with van der Waals surface area (Å²) in [5.41, 5.74) is 9.42. The van der Waals surface area contributed by atoms with E-state index in [2.05, 4.69) is 11.2 Å². The molecule has 4 heteroatoms. The largest absolute Gasteiger partial charge is 0.324 e. The molecule has 1 heterocycles. The Bertz CT molecular complexity index is 502. The average molecular weight is 250 g/mol. The van der Waals surface area contributed by atoms with Gasteiger partial charge in [-0.2, -0.15) is 5.10 Å². The van der Waals surface area contributed by atoms with Crippen LogP contribution in [0.5, 0.6) is 0 Å². The highest BCUT2D eigenvalue weighted by molar-refractivity contribution is 6.30. The van der Waals surface area contributed by atoms with Crippen LogP contribution in [0.3, 0.4) is 0 Å². The molecule has 0 aliphatic heterocycles. The van der Waals surface area contributed by atoms with Crippen LogP contribution >= 0.6 is 11.6 Å². The Hall–Kier alpha value is -1.32. The summed E-state index contributed by atoms with van der Waals surface area (Å²) >= 11 is 5.85. The van der Waals surface area contributed by atoms with Gasteiger partial charge in [0.1, 0.15) is 0 Å². The second-order valence-corrected chi connectivity index (χ2v) is 4.70. The number of rotatable bonds is 3. The van der Waals surface area contributed by atoms with E-state index in [1.807, 2.05) is 42.9 Å². The van der Waals surface area contributed by atoms with E-state index in [4.69, 9.17) is 17.3 Å². The molecule has 1 unspecified atom stereocenters. The highest BCUT2D eigenvalue weighted by Crippen LogP contribution is 2.18. The molecule has 2 rings (SSSR count). The summed E-state index contributed by atoms with van der Waals surface area (Å²) < 4.78 is 1.88. The molecule has 0 spiro atoms. The molecule has 2 aromatic rings. The minimum Gasteiger partial charge on any atom is -0.324 e. The monoisotopic (exact) mass is 249 g/mol. The first kappa shape index (κ1) is 12.1. The summed E-state index contributed by atoms with van der Waals surface area (Å²) in [6.45, 7) is 1.98. The summed E-state index contributed by atoms with van der Waals surface area (Å²) in [6.07, 6.45) is 0.777. The standard InChI is InChI=1S/C13H16ClN3/c1-9-7-12(17(2)16-9)8-13(15)10-3-5-11(14)6-4-10/h3-7,13H,8,15H2,1-2H3. The van der Waals surface area contributed by atoms with Gasteiger partial charge < -0.3 is 5.73 Å². The van der Waals surface area contributed by atoms with Gasteiger partial charge >= 0.3 is 0 Å². The lowest BCUT2D eigenvalue weighted by atomic mass is 10.0. The molecule has 0 aliphatic carbocycles. The van der Waals surface area contributed by atoms with Gasteiger partial charge in [0, 0.05) is 30.2 Å². The first-order chi connectivity index (χ1) is 8.06. The second-order valence-electron chi connectivity index (χ2n) is 4.26. The third-order valence-corrected chi connectivity index (χ3v) is 3.08. The summed E-state index contributed by atoms with van der Waals surface area (Å²) in [5, 5.41) is 5.05. The lowest BCUT2D eigenvalue weighted by molar-refractivity contribution is 0.640. The number of aromatic nitrogens is 2. The van der Waals surface area contributed by atoms with E-state index in [0.29, 0.717) is 0 Å². The molecule has 1 aromatic heterocycles. The highest BCUT2D eigenvalue weighted by atomic mass is 35.5. The zero-order valence-electron chi connectivity index (χ0n) is 10.0. The first-order valence-electron chi connectivity index (χ1n) is 5.57. The van der Waals surface area contributed by atoms with Gasteiger partial charge in [0.2, 0.25) is 0 Å². The van der Waals surface area contributed by atoms with Crippen molar-refractivity contribution in [2.24, 2.45) is 12.8 Å². The molecule has 0 radical (unpaired) electrons. The lowest BCUT2D eigenvalue weighted by Gasteiger charge is -2.12. The van der Waals surface area contributed by atoms with Gasteiger partial charge in [-0.3, -0.25) is 4.68 Å². The molecule has 90 valence electrons. The number of halogens is 1. The quantitative estimate of drug-likeness (QED) is 0.909. The van der Waals surface area contributed by atoms with E-state index in [1.165, 1.54) is 0 Å². The summed E-state index contributed by atoms with van der Waals surface area (Å²) in [6, 6.07) is 9.71. The highest BCUT2D eigenvalue weighted by Gasteiger charge is 2.10. The van der Waals surface area contributed by atoms with Gasteiger partial charge in [0.05, 0.1) is 5.69 Å². The SMILES string of the molecule is Cc1cc(CC(N)c2ccc(Cl)cc2)n(C)n1. The van der Waals surface area contributed by atoms with E-state index in [-0.39, 0.29) is 6.04 Å². The first-order valence-corrected chi connectivity index (χ1v) is 5.94. The van der Waals surface area contributed by atoms with Crippen LogP contribution in [0, 0.1) is 6.92 Å². The number of nitrogens with two attached hydrogens (primary N) is 1. The van der Waals surface area contributed by atoms with Crippen molar-refractivity contribution in [1.29, 1.82) is 0 Å². The van der Waals surface area contributed by atoms with Crippen molar-refractivity contribution in [3.05, 3.63) is 52.3 Å². The van der Waals surface area contributed by atoms with Crippen LogP contribution in [0.1, 0.15) is 23.0 Å². The van der Waals surface area contributed by atoms with Gasteiger partial charge in [-0.05, 0) is 30.7 Å². The van der Waals surface area contributed by atoms with Gasteiger partial charge in [-0.15, -0.1) is 0 Å². The molecule has 0 amide bonds. The molecule has 0 saturated heterocycles. The molecule has 3 nitrogen and oxygen atoms in total. The van der Waals surface area contributed by atoms with Crippen LogP contribution < -0.4 is 5.73 Å². The number of hydrogen-bond donors (Lipinski definition) is 1. The maximum atomic E-state index is 6.17. The molecule has 1 atom stereocenters. The van der Waals surface area contributed by atoms with Crippen LogP contribution in [-0.4, -0.2) is 9.78 Å². The Balaban J connectivity index is 2.13. The van der Waals surface area contributed by atoms with Crippen LogP contribution in [-0.2, 0) is 13.5 Å². The van der Waals surface area contributed by atoms with Crippen molar-refractivity contribution >= 4 is 11.6 Å². The number of hydrogen-bond acceptors (Lipinski definition) is 2. The summed E-state index contributed by atoms with van der Waals surface area (Å²) in [7, 11) is 1.94. The molecule has 2 N–H and O–H groups in total. The molecular weight excluding hydrogens is 234 g/mol. The van der Waals surface area contributed by atoms with Crippen molar-refractivity contribution in [3.8, 4) is 0 Å². The van der Waals surface area contributed by atoms with Gasteiger partial charge in [-0.25, -0.2) is 0 Å². The average Bonchev–Trinajstić information content (AvgIpc) is 2.58. The third-order valence-electron chi connectivity index (χ3n) is 2.83. The molecule has 0 saturated carbocycles. The van der Waals surface area contributed by atoms with Crippen LogP contribution in [0.2, 0.25) is 5.02 Å². The summed E-state index contributed by atoms with van der Waals surface area (Å²) in [4.78, 5) is 0. The van der Waals surface area contributed by atoms with Crippen molar-refractivity contribution in [2.45, 2.75) is 19.4 Å². The minimum absolute atomic E-state index is 0.0259. The fraction of sp³-hybridized carbons (Fsp3) is 0.308. The Kier molecular flexibility index (Phi) is 3.50. The van der Waals surface area contributed by atoms with Gasteiger partial charge in [0.25, 0.3) is 0 Å². The van der Waals surface area contributed by atoms with Gasteiger partial charge in [0.15, 0.2) is 0 Å². The Morgan fingerprint density at radius 1 is 1.35 bits per heavy atom. The van der Waals surface area contributed by atoms with Crippen LogP contribution in [0.15, 0.2) is 30.3 Å². The van der Waals surface area contributed by atoms with E-state index in [1.54, 1.807) is 0 Å². The normalized spacial score (nSPS) is 12.7. The zero-order chi connectivity index (χ0) is 12.4. The van der Waals surface area contributed by atoms with Crippen molar-refractivity contribution in [2.75, 3.05) is 0 Å². The van der Waals surface area contributed by atoms with Crippen LogP contribution in [0.25, 0.3) is 0 Å². The zero-order valence-corrected chi connectivity index (χ0v) is 10.8. The molecule has 1 aromatic carbocycles. The second kappa shape index (κ2) is 4.90. The fourth-order valence-corrected chi connectivity index (χ4v) is 2.03. The topological polar surface area (TPSA) is 43.8 Å². The fourth-order valence-electron chi connectivity index (χ4n) is 1.91. The number of aryl methyl sites for hydroxylation is 2. The minimum atomic E-state index is -0.0259. The van der Waals surface area contributed by atoms with Crippen molar-refractivity contribution in [3.63, 3.8) is 0 Å². The van der Waals surface area contributed by atoms with Crippen molar-refractivity contribution < 1.29 is 0 Å². The maximum absolute atomic E-state index is 6.17. The maximum Gasteiger partial charge on any atom is 0.0596 e. The predicted molar refractivity (Wildman–Crippen MR) is 70.0 cm³/mol.